The van der Waals surface area contributed by atoms with Gasteiger partial charge in [0, 0.05) is 11.6 Å². The molecule has 1 heterocycles. The quantitative estimate of drug-likeness (QED) is 0.879. The predicted octanol–water partition coefficient (Wildman–Crippen LogP) is 3.49. The van der Waals surface area contributed by atoms with E-state index in [1.807, 2.05) is 31.3 Å². The fourth-order valence-electron chi connectivity index (χ4n) is 1.97. The Labute approximate surface area is 118 Å². The standard InChI is InChI=1S/C15H18ClNO2/c1-17(11-14-6-3-9-19-14)8-7-15(18)12-4-2-5-13(16)10-12/h2-6,9-10,15,18H,7-8,11H2,1H3. The predicted molar refractivity (Wildman–Crippen MR) is 76.1 cm³/mol. The van der Waals surface area contributed by atoms with Crippen molar-refractivity contribution >= 4 is 11.6 Å². The number of halogens is 1. The van der Waals surface area contributed by atoms with Crippen LogP contribution in [-0.4, -0.2) is 23.6 Å². The molecule has 2 aromatic rings. The first kappa shape index (κ1) is 14.1. The molecular formula is C15H18ClNO2. The highest BCUT2D eigenvalue weighted by Crippen LogP contribution is 2.20. The molecule has 1 unspecified atom stereocenters. The van der Waals surface area contributed by atoms with Gasteiger partial charge >= 0.3 is 0 Å². The third-order valence-corrected chi connectivity index (χ3v) is 3.26. The highest BCUT2D eigenvalue weighted by Gasteiger charge is 2.10. The molecule has 1 N–H and O–H groups in total. The number of furan rings is 1. The third kappa shape index (κ3) is 4.39. The largest absolute Gasteiger partial charge is 0.468 e. The van der Waals surface area contributed by atoms with Crippen LogP contribution in [0.4, 0.5) is 0 Å². The van der Waals surface area contributed by atoms with Crippen molar-refractivity contribution in [3.8, 4) is 0 Å². The summed E-state index contributed by atoms with van der Waals surface area (Å²) >= 11 is 5.91. The maximum Gasteiger partial charge on any atom is 0.117 e. The minimum absolute atomic E-state index is 0.488. The normalized spacial score (nSPS) is 12.8. The third-order valence-electron chi connectivity index (χ3n) is 3.02. The van der Waals surface area contributed by atoms with Crippen molar-refractivity contribution in [3.63, 3.8) is 0 Å². The molecule has 1 aromatic carbocycles. The zero-order chi connectivity index (χ0) is 13.7. The molecule has 0 aliphatic carbocycles. The van der Waals surface area contributed by atoms with E-state index in [4.69, 9.17) is 16.0 Å². The van der Waals surface area contributed by atoms with Gasteiger partial charge in [-0.25, -0.2) is 0 Å². The second-order valence-electron chi connectivity index (χ2n) is 4.68. The molecule has 4 heteroatoms. The van der Waals surface area contributed by atoms with Crippen LogP contribution >= 0.6 is 11.6 Å². The first-order valence-corrected chi connectivity index (χ1v) is 6.67. The summed E-state index contributed by atoms with van der Waals surface area (Å²) in [5, 5.41) is 10.8. The number of hydrogen-bond acceptors (Lipinski definition) is 3. The number of benzene rings is 1. The summed E-state index contributed by atoms with van der Waals surface area (Å²) in [7, 11) is 2.01. The van der Waals surface area contributed by atoms with Crippen molar-refractivity contribution in [1.82, 2.24) is 4.90 Å². The van der Waals surface area contributed by atoms with Gasteiger partial charge in [-0.3, -0.25) is 4.90 Å². The molecule has 1 aromatic heterocycles. The van der Waals surface area contributed by atoms with Gasteiger partial charge < -0.3 is 9.52 Å². The van der Waals surface area contributed by atoms with Gasteiger partial charge in [0.1, 0.15) is 5.76 Å². The van der Waals surface area contributed by atoms with E-state index in [-0.39, 0.29) is 0 Å². The van der Waals surface area contributed by atoms with Crippen LogP contribution in [0.25, 0.3) is 0 Å². The number of rotatable bonds is 6. The number of hydrogen-bond donors (Lipinski definition) is 1. The molecule has 0 radical (unpaired) electrons. The molecule has 0 saturated heterocycles. The lowest BCUT2D eigenvalue weighted by atomic mass is 10.1. The second-order valence-corrected chi connectivity index (χ2v) is 5.11. The van der Waals surface area contributed by atoms with Crippen LogP contribution in [0.15, 0.2) is 47.1 Å². The van der Waals surface area contributed by atoms with Gasteiger partial charge in [0.25, 0.3) is 0 Å². The number of aliphatic hydroxyl groups excluding tert-OH is 1. The Hall–Kier alpha value is -1.29. The number of nitrogens with zero attached hydrogens (tertiary/aromatic N) is 1. The van der Waals surface area contributed by atoms with Crippen molar-refractivity contribution in [2.45, 2.75) is 19.1 Å². The van der Waals surface area contributed by atoms with Crippen molar-refractivity contribution in [1.29, 1.82) is 0 Å². The van der Waals surface area contributed by atoms with E-state index in [1.165, 1.54) is 0 Å². The summed E-state index contributed by atoms with van der Waals surface area (Å²) in [6, 6.07) is 11.2. The molecular weight excluding hydrogens is 262 g/mol. The zero-order valence-corrected chi connectivity index (χ0v) is 11.7. The molecule has 0 aliphatic heterocycles. The van der Waals surface area contributed by atoms with Crippen LogP contribution in [0, 0.1) is 0 Å². The maximum absolute atomic E-state index is 10.1. The molecule has 0 amide bonds. The average Bonchev–Trinajstić information content (AvgIpc) is 2.88. The first-order valence-electron chi connectivity index (χ1n) is 6.29. The van der Waals surface area contributed by atoms with Crippen LogP contribution < -0.4 is 0 Å². The molecule has 0 spiro atoms. The SMILES string of the molecule is CN(CCC(O)c1cccc(Cl)c1)Cc1ccco1. The summed E-state index contributed by atoms with van der Waals surface area (Å²) in [6.45, 7) is 1.53. The average molecular weight is 280 g/mol. The Morgan fingerprint density at radius 2 is 2.16 bits per heavy atom. The maximum atomic E-state index is 10.1. The second kappa shape index (κ2) is 6.75. The highest BCUT2D eigenvalue weighted by molar-refractivity contribution is 6.30. The lowest BCUT2D eigenvalue weighted by Crippen LogP contribution is -2.20. The molecule has 2 rings (SSSR count). The molecule has 0 fully saturated rings. The van der Waals surface area contributed by atoms with Gasteiger partial charge in [-0.2, -0.15) is 0 Å². The van der Waals surface area contributed by atoms with Gasteiger partial charge in [0.2, 0.25) is 0 Å². The summed E-state index contributed by atoms with van der Waals surface area (Å²) in [5.41, 5.74) is 0.860. The van der Waals surface area contributed by atoms with E-state index in [2.05, 4.69) is 4.90 Å². The lowest BCUT2D eigenvalue weighted by molar-refractivity contribution is 0.145. The zero-order valence-electron chi connectivity index (χ0n) is 10.9. The molecule has 1 atom stereocenters. The molecule has 0 aliphatic rings. The molecule has 3 nitrogen and oxygen atoms in total. The van der Waals surface area contributed by atoms with Gasteiger partial charge in [-0.1, -0.05) is 23.7 Å². The fraction of sp³-hybridized carbons (Fsp3) is 0.333. The Balaban J connectivity index is 1.81. The smallest absolute Gasteiger partial charge is 0.117 e. The van der Waals surface area contributed by atoms with Gasteiger partial charge in [0.15, 0.2) is 0 Å². The lowest BCUT2D eigenvalue weighted by Gasteiger charge is -2.18. The minimum atomic E-state index is -0.488. The fourth-order valence-corrected chi connectivity index (χ4v) is 2.17. The van der Waals surface area contributed by atoms with Gasteiger partial charge in [-0.15, -0.1) is 0 Å². The van der Waals surface area contributed by atoms with Gasteiger partial charge in [0.05, 0.1) is 18.9 Å². The first-order chi connectivity index (χ1) is 9.15. The summed E-state index contributed by atoms with van der Waals surface area (Å²) in [5.74, 6) is 0.930. The monoisotopic (exact) mass is 279 g/mol. The molecule has 0 saturated carbocycles. The van der Waals surface area contributed by atoms with E-state index in [1.54, 1.807) is 18.4 Å². The summed E-state index contributed by atoms with van der Waals surface area (Å²) in [6.07, 6.45) is 1.85. The number of aliphatic hydroxyl groups is 1. The van der Waals surface area contributed by atoms with E-state index < -0.39 is 6.10 Å². The minimum Gasteiger partial charge on any atom is -0.468 e. The van der Waals surface area contributed by atoms with Crippen molar-refractivity contribution in [2.75, 3.05) is 13.6 Å². The molecule has 102 valence electrons. The van der Waals surface area contributed by atoms with Crippen molar-refractivity contribution in [3.05, 3.63) is 59.0 Å². The van der Waals surface area contributed by atoms with Crippen molar-refractivity contribution in [2.24, 2.45) is 0 Å². The van der Waals surface area contributed by atoms with Gasteiger partial charge in [-0.05, 0) is 43.3 Å². The van der Waals surface area contributed by atoms with E-state index in [0.29, 0.717) is 11.4 Å². The molecule has 0 bridgehead atoms. The van der Waals surface area contributed by atoms with Crippen LogP contribution in [-0.2, 0) is 6.54 Å². The van der Waals surface area contributed by atoms with E-state index in [0.717, 1.165) is 24.4 Å². The van der Waals surface area contributed by atoms with Crippen LogP contribution in [0.3, 0.4) is 0 Å². The highest BCUT2D eigenvalue weighted by atomic mass is 35.5. The summed E-state index contributed by atoms with van der Waals surface area (Å²) < 4.78 is 5.29. The van der Waals surface area contributed by atoms with Crippen LogP contribution in [0.5, 0.6) is 0 Å². The van der Waals surface area contributed by atoms with E-state index >= 15 is 0 Å². The van der Waals surface area contributed by atoms with Crippen LogP contribution in [0.1, 0.15) is 23.8 Å². The Morgan fingerprint density at radius 1 is 1.32 bits per heavy atom. The Morgan fingerprint density at radius 3 is 2.84 bits per heavy atom. The topological polar surface area (TPSA) is 36.6 Å². The Bertz CT molecular complexity index is 499. The summed E-state index contributed by atoms with van der Waals surface area (Å²) in [4.78, 5) is 2.12. The van der Waals surface area contributed by atoms with E-state index in [9.17, 15) is 5.11 Å². The Kier molecular flexibility index (Phi) is 5.02. The van der Waals surface area contributed by atoms with Crippen LogP contribution in [0.2, 0.25) is 5.02 Å². The van der Waals surface area contributed by atoms with Crippen molar-refractivity contribution < 1.29 is 9.52 Å². The molecule has 19 heavy (non-hydrogen) atoms.